The number of benzene rings is 2. The van der Waals surface area contributed by atoms with Crippen LogP contribution in [0.4, 0.5) is 0 Å². The van der Waals surface area contributed by atoms with Crippen molar-refractivity contribution < 1.29 is 9.53 Å². The van der Waals surface area contributed by atoms with Crippen LogP contribution in [0.5, 0.6) is 0 Å². The molecule has 0 radical (unpaired) electrons. The summed E-state index contributed by atoms with van der Waals surface area (Å²) in [6.45, 7) is 0.272. The lowest BCUT2D eigenvalue weighted by Gasteiger charge is -2.07. The standard InChI is InChI=1S/C21H15ClN2O2S2/c22-16-8-6-15(7-9-16)17-11-27-20-19(17)21(24-13-23-20)28-12-18(25)26-10-14-4-2-1-3-5-14/h1-9,11,13H,10,12H2. The Morgan fingerprint density at radius 2 is 1.86 bits per heavy atom. The number of nitrogens with zero attached hydrogens (tertiary/aromatic N) is 2. The predicted octanol–water partition coefficient (Wildman–Crippen LogP) is 5.85. The maximum atomic E-state index is 12.2. The minimum Gasteiger partial charge on any atom is -0.460 e. The molecule has 0 N–H and O–H groups in total. The molecule has 0 amide bonds. The summed E-state index contributed by atoms with van der Waals surface area (Å²) in [5.41, 5.74) is 3.05. The van der Waals surface area contributed by atoms with Gasteiger partial charge in [0.15, 0.2) is 0 Å². The molecule has 4 rings (SSSR count). The van der Waals surface area contributed by atoms with Crippen LogP contribution in [0, 0.1) is 0 Å². The van der Waals surface area contributed by atoms with E-state index in [4.69, 9.17) is 16.3 Å². The molecule has 0 aliphatic heterocycles. The van der Waals surface area contributed by atoms with E-state index in [2.05, 4.69) is 15.3 Å². The maximum absolute atomic E-state index is 12.2. The van der Waals surface area contributed by atoms with E-state index in [9.17, 15) is 4.79 Å². The summed E-state index contributed by atoms with van der Waals surface area (Å²) in [7, 11) is 0. The van der Waals surface area contributed by atoms with Gasteiger partial charge in [0.2, 0.25) is 0 Å². The summed E-state index contributed by atoms with van der Waals surface area (Å²) in [6.07, 6.45) is 1.53. The second-order valence-electron chi connectivity index (χ2n) is 5.95. The van der Waals surface area contributed by atoms with Crippen molar-refractivity contribution in [2.24, 2.45) is 0 Å². The monoisotopic (exact) mass is 426 g/mol. The van der Waals surface area contributed by atoms with Crippen LogP contribution in [-0.4, -0.2) is 21.7 Å². The molecule has 2 heterocycles. The lowest BCUT2D eigenvalue weighted by molar-refractivity contribution is -0.141. The van der Waals surface area contributed by atoms with Gasteiger partial charge in [0.05, 0.1) is 11.1 Å². The molecule has 0 saturated carbocycles. The molecule has 4 nitrogen and oxygen atoms in total. The van der Waals surface area contributed by atoms with E-state index in [0.29, 0.717) is 5.02 Å². The number of aromatic nitrogens is 2. The van der Waals surface area contributed by atoms with E-state index < -0.39 is 0 Å². The average Bonchev–Trinajstić information content (AvgIpc) is 3.17. The summed E-state index contributed by atoms with van der Waals surface area (Å²) in [5.74, 6) is -0.0848. The highest BCUT2D eigenvalue weighted by Gasteiger charge is 2.15. The molecule has 0 spiro atoms. The van der Waals surface area contributed by atoms with Crippen LogP contribution in [-0.2, 0) is 16.1 Å². The van der Waals surface area contributed by atoms with Crippen molar-refractivity contribution in [3.05, 3.63) is 76.9 Å². The molecular weight excluding hydrogens is 412 g/mol. The van der Waals surface area contributed by atoms with E-state index >= 15 is 0 Å². The number of ether oxygens (including phenoxy) is 1. The first-order valence-electron chi connectivity index (χ1n) is 8.51. The molecule has 0 aliphatic rings. The summed E-state index contributed by atoms with van der Waals surface area (Å²) in [4.78, 5) is 21.8. The molecule has 0 bridgehead atoms. The molecule has 140 valence electrons. The fourth-order valence-electron chi connectivity index (χ4n) is 2.71. The molecular formula is C21H15ClN2O2S2. The topological polar surface area (TPSA) is 52.1 Å². The quantitative estimate of drug-likeness (QED) is 0.220. The third-order valence-electron chi connectivity index (χ3n) is 4.06. The second-order valence-corrected chi connectivity index (χ2v) is 8.21. The van der Waals surface area contributed by atoms with E-state index in [1.165, 1.54) is 18.1 Å². The van der Waals surface area contributed by atoms with Crippen LogP contribution >= 0.6 is 34.7 Å². The third-order valence-corrected chi connectivity index (χ3v) is 6.16. The summed E-state index contributed by atoms with van der Waals surface area (Å²) in [6, 6.07) is 17.3. The average molecular weight is 427 g/mol. The number of fused-ring (bicyclic) bond motifs is 1. The Morgan fingerprint density at radius 1 is 1.07 bits per heavy atom. The maximum Gasteiger partial charge on any atom is 0.316 e. The highest BCUT2D eigenvalue weighted by molar-refractivity contribution is 8.00. The minimum absolute atomic E-state index is 0.189. The summed E-state index contributed by atoms with van der Waals surface area (Å²) in [5, 5.41) is 4.47. The number of thiophene rings is 1. The van der Waals surface area contributed by atoms with Crippen molar-refractivity contribution in [3.63, 3.8) is 0 Å². The molecule has 0 unspecified atom stereocenters. The molecule has 2 aromatic carbocycles. The Bertz CT molecular complexity index is 1100. The van der Waals surface area contributed by atoms with Gasteiger partial charge >= 0.3 is 5.97 Å². The Kier molecular flexibility index (Phi) is 5.90. The van der Waals surface area contributed by atoms with Crippen molar-refractivity contribution in [1.29, 1.82) is 0 Å². The van der Waals surface area contributed by atoms with E-state index in [1.54, 1.807) is 11.3 Å². The first kappa shape index (κ1) is 18.9. The van der Waals surface area contributed by atoms with Gasteiger partial charge in [-0.15, -0.1) is 11.3 Å². The van der Waals surface area contributed by atoms with E-state index in [0.717, 1.165) is 31.9 Å². The van der Waals surface area contributed by atoms with Gasteiger partial charge in [-0.1, -0.05) is 65.8 Å². The Balaban J connectivity index is 1.50. The van der Waals surface area contributed by atoms with Crippen LogP contribution in [0.3, 0.4) is 0 Å². The molecule has 0 saturated heterocycles. The van der Waals surface area contributed by atoms with E-state index in [1.807, 2.05) is 54.6 Å². The predicted molar refractivity (Wildman–Crippen MR) is 115 cm³/mol. The highest BCUT2D eigenvalue weighted by atomic mass is 35.5. The molecule has 0 atom stereocenters. The lowest BCUT2D eigenvalue weighted by atomic mass is 10.1. The fraction of sp³-hybridized carbons (Fsp3) is 0.0952. The van der Waals surface area contributed by atoms with Crippen LogP contribution in [0.15, 0.2) is 71.3 Å². The van der Waals surface area contributed by atoms with Gasteiger partial charge in [0, 0.05) is 16.0 Å². The van der Waals surface area contributed by atoms with Crippen LogP contribution in [0.1, 0.15) is 5.56 Å². The van der Waals surface area contributed by atoms with Gasteiger partial charge < -0.3 is 4.74 Å². The van der Waals surface area contributed by atoms with Gasteiger partial charge in [-0.25, -0.2) is 9.97 Å². The van der Waals surface area contributed by atoms with Crippen LogP contribution in [0.25, 0.3) is 21.3 Å². The molecule has 0 fully saturated rings. The van der Waals surface area contributed by atoms with Crippen LogP contribution in [0.2, 0.25) is 5.02 Å². The van der Waals surface area contributed by atoms with E-state index in [-0.39, 0.29) is 18.3 Å². The number of thioether (sulfide) groups is 1. The fourth-order valence-corrected chi connectivity index (χ4v) is 4.62. The second kappa shape index (κ2) is 8.73. The molecule has 28 heavy (non-hydrogen) atoms. The van der Waals surface area contributed by atoms with Crippen LogP contribution < -0.4 is 0 Å². The zero-order valence-corrected chi connectivity index (χ0v) is 17.1. The number of carbonyl (C=O) groups excluding carboxylic acids is 1. The number of carbonyl (C=O) groups is 1. The number of hydrogen-bond acceptors (Lipinski definition) is 6. The van der Waals surface area contributed by atoms with Gasteiger partial charge in [-0.05, 0) is 23.3 Å². The van der Waals surface area contributed by atoms with Gasteiger partial charge in [0.1, 0.15) is 22.8 Å². The minimum atomic E-state index is -0.274. The van der Waals surface area contributed by atoms with Gasteiger partial charge in [-0.2, -0.15) is 0 Å². The molecule has 0 aliphatic carbocycles. The molecule has 7 heteroatoms. The van der Waals surface area contributed by atoms with Crippen molar-refractivity contribution in [1.82, 2.24) is 9.97 Å². The molecule has 2 aromatic heterocycles. The van der Waals surface area contributed by atoms with Crippen molar-refractivity contribution in [2.45, 2.75) is 11.6 Å². The van der Waals surface area contributed by atoms with Crippen molar-refractivity contribution in [3.8, 4) is 11.1 Å². The Hall–Kier alpha value is -2.41. The number of rotatable bonds is 6. The first-order chi connectivity index (χ1) is 13.7. The number of halogens is 1. The first-order valence-corrected chi connectivity index (χ1v) is 10.8. The third kappa shape index (κ3) is 4.35. The SMILES string of the molecule is O=C(CSc1ncnc2scc(-c3ccc(Cl)cc3)c12)OCc1ccccc1. The summed E-state index contributed by atoms with van der Waals surface area (Å²) < 4.78 is 5.36. The van der Waals surface area contributed by atoms with Gasteiger partial charge in [-0.3, -0.25) is 4.79 Å². The molecule has 4 aromatic rings. The normalized spacial score (nSPS) is 10.9. The van der Waals surface area contributed by atoms with Crippen molar-refractivity contribution >= 4 is 50.9 Å². The highest BCUT2D eigenvalue weighted by Crippen LogP contribution is 2.38. The van der Waals surface area contributed by atoms with Gasteiger partial charge in [0.25, 0.3) is 0 Å². The number of hydrogen-bond donors (Lipinski definition) is 0. The smallest absolute Gasteiger partial charge is 0.316 e. The zero-order valence-electron chi connectivity index (χ0n) is 14.7. The zero-order chi connectivity index (χ0) is 19.3. The largest absolute Gasteiger partial charge is 0.460 e. The Morgan fingerprint density at radius 3 is 2.64 bits per heavy atom. The lowest BCUT2D eigenvalue weighted by Crippen LogP contribution is -2.07. The summed E-state index contributed by atoms with van der Waals surface area (Å²) >= 11 is 8.92. The Labute approximate surface area is 175 Å². The van der Waals surface area contributed by atoms with Crippen molar-refractivity contribution in [2.75, 3.05) is 5.75 Å². The number of esters is 1.